The Hall–Kier alpha value is -2.25. The van der Waals surface area contributed by atoms with Crippen LogP contribution in [0.25, 0.3) is 0 Å². The second kappa shape index (κ2) is 12.7. The quantitative estimate of drug-likeness (QED) is 0.445. The molecule has 0 heterocycles. The van der Waals surface area contributed by atoms with E-state index in [0.717, 1.165) is 10.0 Å². The molecule has 2 aromatic carbocycles. The second-order valence-electron chi connectivity index (χ2n) is 7.80. The molecule has 0 saturated heterocycles. The molecule has 0 aliphatic heterocycles. The number of carbonyl (C=O) groups is 2. The smallest absolute Gasteiger partial charge is 0.261 e. The number of halogens is 2. The molecule has 0 radical (unpaired) electrons. The molecule has 0 spiro atoms. The van der Waals surface area contributed by atoms with Crippen molar-refractivity contribution in [3.8, 4) is 11.5 Å². The van der Waals surface area contributed by atoms with Gasteiger partial charge in [-0.15, -0.1) is 0 Å². The maximum Gasteiger partial charge on any atom is 0.261 e. The molecule has 8 heteroatoms. The minimum Gasteiger partial charge on any atom is -0.497 e. The molecule has 32 heavy (non-hydrogen) atoms. The molecule has 0 bridgehead atoms. The molecule has 2 rings (SSSR count). The van der Waals surface area contributed by atoms with Crippen LogP contribution in [-0.4, -0.2) is 43.0 Å². The van der Waals surface area contributed by atoms with Crippen LogP contribution in [0.2, 0.25) is 5.02 Å². The first kappa shape index (κ1) is 26.0. The third kappa shape index (κ3) is 7.71. The van der Waals surface area contributed by atoms with Crippen molar-refractivity contribution in [2.75, 3.05) is 20.3 Å². The van der Waals surface area contributed by atoms with Gasteiger partial charge in [-0.25, -0.2) is 0 Å². The number of ether oxygens (including phenoxy) is 2. The summed E-state index contributed by atoms with van der Waals surface area (Å²) in [5.41, 5.74) is 0.856. The first-order chi connectivity index (χ1) is 15.2. The van der Waals surface area contributed by atoms with Crippen molar-refractivity contribution < 1.29 is 19.1 Å². The van der Waals surface area contributed by atoms with E-state index in [1.54, 1.807) is 30.2 Å². The average Bonchev–Trinajstić information content (AvgIpc) is 2.76. The van der Waals surface area contributed by atoms with E-state index in [4.69, 9.17) is 21.1 Å². The van der Waals surface area contributed by atoms with Gasteiger partial charge in [0.2, 0.25) is 5.91 Å². The van der Waals surface area contributed by atoms with Crippen LogP contribution in [0.1, 0.15) is 32.8 Å². The van der Waals surface area contributed by atoms with E-state index < -0.39 is 6.04 Å². The number of amides is 2. The number of rotatable bonds is 11. The Morgan fingerprint density at radius 1 is 1.19 bits per heavy atom. The molecule has 0 aliphatic rings. The van der Waals surface area contributed by atoms with E-state index in [1.807, 2.05) is 45.0 Å². The van der Waals surface area contributed by atoms with Crippen molar-refractivity contribution >= 4 is 39.3 Å². The van der Waals surface area contributed by atoms with Gasteiger partial charge < -0.3 is 19.7 Å². The summed E-state index contributed by atoms with van der Waals surface area (Å²) < 4.78 is 11.8. The Balaban J connectivity index is 2.24. The molecule has 0 fully saturated rings. The molecule has 1 N–H and O–H groups in total. The summed E-state index contributed by atoms with van der Waals surface area (Å²) in [6.45, 7) is 6.49. The van der Waals surface area contributed by atoms with Gasteiger partial charge in [-0.05, 0) is 48.2 Å². The maximum atomic E-state index is 13.2. The number of hydrogen-bond acceptors (Lipinski definition) is 4. The molecule has 0 saturated carbocycles. The predicted octanol–water partition coefficient (Wildman–Crippen LogP) is 5.07. The number of nitrogens with one attached hydrogen (secondary N) is 1. The largest absolute Gasteiger partial charge is 0.497 e. The Bertz CT molecular complexity index is 923. The van der Waals surface area contributed by atoms with E-state index in [1.165, 1.54) is 0 Å². The van der Waals surface area contributed by atoms with Crippen LogP contribution in [0.5, 0.6) is 11.5 Å². The lowest BCUT2D eigenvalue weighted by Crippen LogP contribution is -2.50. The molecular formula is C24H30BrClN2O4. The van der Waals surface area contributed by atoms with Crippen LogP contribution in [0.3, 0.4) is 0 Å². The van der Waals surface area contributed by atoms with Gasteiger partial charge in [0.25, 0.3) is 5.91 Å². The Morgan fingerprint density at radius 2 is 1.94 bits per heavy atom. The topological polar surface area (TPSA) is 67.9 Å². The Labute approximate surface area is 203 Å². The van der Waals surface area contributed by atoms with Gasteiger partial charge in [0.1, 0.15) is 17.5 Å². The van der Waals surface area contributed by atoms with Crippen molar-refractivity contribution in [3.63, 3.8) is 0 Å². The molecular weight excluding hydrogens is 496 g/mol. The fourth-order valence-electron chi connectivity index (χ4n) is 3.12. The zero-order chi connectivity index (χ0) is 23.7. The van der Waals surface area contributed by atoms with Crippen molar-refractivity contribution in [1.29, 1.82) is 0 Å². The van der Waals surface area contributed by atoms with Crippen molar-refractivity contribution in [2.24, 2.45) is 5.92 Å². The number of carbonyl (C=O) groups excluding carboxylic acids is 2. The van der Waals surface area contributed by atoms with Gasteiger partial charge in [0.15, 0.2) is 6.61 Å². The Kier molecular flexibility index (Phi) is 10.3. The summed E-state index contributed by atoms with van der Waals surface area (Å²) in [5, 5.41) is 3.34. The van der Waals surface area contributed by atoms with Crippen molar-refractivity contribution in [2.45, 2.75) is 39.8 Å². The molecule has 1 unspecified atom stereocenters. The van der Waals surface area contributed by atoms with Crippen LogP contribution in [0.15, 0.2) is 46.9 Å². The van der Waals surface area contributed by atoms with Crippen molar-refractivity contribution in [3.05, 3.63) is 57.5 Å². The molecule has 6 nitrogen and oxygen atoms in total. The third-order valence-electron chi connectivity index (χ3n) is 4.80. The lowest BCUT2D eigenvalue weighted by atomic mass is 10.1. The summed E-state index contributed by atoms with van der Waals surface area (Å²) in [4.78, 5) is 27.7. The summed E-state index contributed by atoms with van der Waals surface area (Å²) >= 11 is 9.56. The summed E-state index contributed by atoms with van der Waals surface area (Å²) in [6.07, 6.45) is 0.471. The summed E-state index contributed by atoms with van der Waals surface area (Å²) in [5.74, 6) is 0.909. The van der Waals surface area contributed by atoms with Crippen molar-refractivity contribution in [1.82, 2.24) is 10.2 Å². The first-order valence-corrected chi connectivity index (χ1v) is 11.7. The van der Waals surface area contributed by atoms with Gasteiger partial charge >= 0.3 is 0 Å². The lowest BCUT2D eigenvalue weighted by Gasteiger charge is -2.31. The highest BCUT2D eigenvalue weighted by Gasteiger charge is 2.29. The summed E-state index contributed by atoms with van der Waals surface area (Å²) in [6, 6.07) is 12.0. The lowest BCUT2D eigenvalue weighted by molar-refractivity contribution is -0.143. The second-order valence-corrected chi connectivity index (χ2v) is 9.12. The van der Waals surface area contributed by atoms with E-state index in [9.17, 15) is 9.59 Å². The highest BCUT2D eigenvalue weighted by molar-refractivity contribution is 9.10. The standard InChI is InChI=1S/C24H30BrClN2O4/c1-5-21(24(30)27-13-16(2)3)28(14-17-7-6-8-19(11-17)31-4)23(29)15-32-22-10-9-18(25)12-20(22)26/h6-12,16,21H,5,13-15H2,1-4H3,(H,27,30). The molecule has 0 aromatic heterocycles. The molecule has 1 atom stereocenters. The van der Waals surface area contributed by atoms with Gasteiger partial charge in [0, 0.05) is 17.6 Å². The van der Waals surface area contributed by atoms with Crippen LogP contribution >= 0.6 is 27.5 Å². The van der Waals surface area contributed by atoms with Crippen LogP contribution < -0.4 is 14.8 Å². The molecule has 0 aliphatic carbocycles. The molecule has 2 amide bonds. The normalized spacial score (nSPS) is 11.7. The molecule has 174 valence electrons. The van der Waals surface area contributed by atoms with Gasteiger partial charge in [0.05, 0.1) is 12.1 Å². The third-order valence-corrected chi connectivity index (χ3v) is 5.59. The van der Waals surface area contributed by atoms with Gasteiger partial charge in [-0.2, -0.15) is 0 Å². The SMILES string of the molecule is CCC(C(=O)NCC(C)C)N(Cc1cccc(OC)c1)C(=O)COc1ccc(Br)cc1Cl. The number of benzene rings is 2. The monoisotopic (exact) mass is 524 g/mol. The van der Waals surface area contributed by atoms with E-state index in [2.05, 4.69) is 21.2 Å². The fourth-order valence-corrected chi connectivity index (χ4v) is 3.85. The first-order valence-electron chi connectivity index (χ1n) is 10.5. The maximum absolute atomic E-state index is 13.2. The highest BCUT2D eigenvalue weighted by Crippen LogP contribution is 2.28. The zero-order valence-electron chi connectivity index (χ0n) is 18.9. The zero-order valence-corrected chi connectivity index (χ0v) is 21.2. The minimum absolute atomic E-state index is 0.181. The van der Waals surface area contributed by atoms with E-state index in [0.29, 0.717) is 35.4 Å². The van der Waals surface area contributed by atoms with Gasteiger partial charge in [-0.1, -0.05) is 60.4 Å². The summed E-state index contributed by atoms with van der Waals surface area (Å²) in [7, 11) is 1.59. The minimum atomic E-state index is -0.628. The molecule has 2 aromatic rings. The van der Waals surface area contributed by atoms with E-state index >= 15 is 0 Å². The van der Waals surface area contributed by atoms with Crippen LogP contribution in [0, 0.1) is 5.92 Å². The van der Waals surface area contributed by atoms with Crippen LogP contribution in [-0.2, 0) is 16.1 Å². The average molecular weight is 526 g/mol. The van der Waals surface area contributed by atoms with Gasteiger partial charge in [-0.3, -0.25) is 9.59 Å². The fraction of sp³-hybridized carbons (Fsp3) is 0.417. The van der Waals surface area contributed by atoms with E-state index in [-0.39, 0.29) is 25.0 Å². The predicted molar refractivity (Wildman–Crippen MR) is 130 cm³/mol. The number of nitrogens with zero attached hydrogens (tertiary/aromatic N) is 1. The highest BCUT2D eigenvalue weighted by atomic mass is 79.9. The number of methoxy groups -OCH3 is 1. The Morgan fingerprint density at radius 3 is 2.56 bits per heavy atom. The van der Waals surface area contributed by atoms with Crippen LogP contribution in [0.4, 0.5) is 0 Å². The number of hydrogen-bond donors (Lipinski definition) is 1.